The van der Waals surface area contributed by atoms with Gasteiger partial charge in [-0.25, -0.2) is 4.79 Å². The van der Waals surface area contributed by atoms with E-state index in [1.807, 2.05) is 0 Å². The Morgan fingerprint density at radius 2 is 1.76 bits per heavy atom. The highest BCUT2D eigenvalue weighted by atomic mass is 19.4. The van der Waals surface area contributed by atoms with Crippen LogP contribution in [0.3, 0.4) is 0 Å². The summed E-state index contributed by atoms with van der Waals surface area (Å²) in [6, 6.07) is 5.25. The third-order valence-electron chi connectivity index (χ3n) is 2.64. The first-order valence-corrected chi connectivity index (χ1v) is 7.58. The Kier molecular flexibility index (Phi) is 7.08. The molecular weight excluding hydrogens is 341 g/mol. The molecule has 0 aromatic heterocycles. The van der Waals surface area contributed by atoms with Gasteiger partial charge in [0, 0.05) is 13.0 Å². The monoisotopic (exact) mass is 362 g/mol. The maximum absolute atomic E-state index is 12.3. The number of carbonyl (C=O) groups is 2. The molecule has 0 bridgehead atoms. The van der Waals surface area contributed by atoms with E-state index in [9.17, 15) is 22.8 Å². The molecule has 0 saturated carbocycles. The fourth-order valence-corrected chi connectivity index (χ4v) is 1.75. The number of alkyl halides is 3. The summed E-state index contributed by atoms with van der Waals surface area (Å²) in [4.78, 5) is 23.2. The van der Waals surface area contributed by atoms with Crippen LogP contribution in [0.4, 0.5) is 23.7 Å². The lowest BCUT2D eigenvalue weighted by molar-refractivity contribution is -0.274. The number of amides is 2. The highest BCUT2D eigenvalue weighted by Crippen LogP contribution is 2.29. The van der Waals surface area contributed by atoms with Gasteiger partial charge in [0.05, 0.1) is 5.69 Å². The number of halogens is 3. The molecule has 0 aliphatic carbocycles. The number of rotatable bonds is 6. The molecule has 2 amide bonds. The van der Waals surface area contributed by atoms with E-state index in [2.05, 4.69) is 15.4 Å². The standard InChI is InChI=1S/C16H21F3N2O4/c1-15(2,3)25-14(23)20-10-6-9-13(22)21-11-7-4-5-8-12(11)24-16(17,18)19/h4-5,7-8H,6,9-10H2,1-3H3,(H,20,23)(H,21,22). The van der Waals surface area contributed by atoms with Gasteiger partial charge in [-0.1, -0.05) is 12.1 Å². The Hall–Kier alpha value is -2.45. The Morgan fingerprint density at radius 1 is 1.12 bits per heavy atom. The molecule has 0 heterocycles. The number of hydrogen-bond donors (Lipinski definition) is 2. The van der Waals surface area contributed by atoms with Gasteiger partial charge in [-0.05, 0) is 39.3 Å². The number of anilines is 1. The molecule has 0 fully saturated rings. The summed E-state index contributed by atoms with van der Waals surface area (Å²) >= 11 is 0. The molecule has 1 aromatic rings. The van der Waals surface area contributed by atoms with Gasteiger partial charge in [-0.2, -0.15) is 0 Å². The minimum Gasteiger partial charge on any atom is -0.444 e. The molecule has 2 N–H and O–H groups in total. The zero-order valence-corrected chi connectivity index (χ0v) is 14.2. The van der Waals surface area contributed by atoms with E-state index in [-0.39, 0.29) is 18.7 Å². The van der Waals surface area contributed by atoms with E-state index < -0.39 is 29.7 Å². The third-order valence-corrected chi connectivity index (χ3v) is 2.64. The van der Waals surface area contributed by atoms with Gasteiger partial charge in [0.25, 0.3) is 0 Å². The number of carbonyl (C=O) groups excluding carboxylic acids is 2. The second-order valence-electron chi connectivity index (χ2n) is 6.12. The number of alkyl carbamates (subject to hydrolysis) is 1. The SMILES string of the molecule is CC(C)(C)OC(=O)NCCCC(=O)Nc1ccccc1OC(F)(F)F. The van der Waals surface area contributed by atoms with Crippen LogP contribution in [0.15, 0.2) is 24.3 Å². The van der Waals surface area contributed by atoms with Crippen LogP contribution in [0.5, 0.6) is 5.75 Å². The molecule has 0 aliphatic heterocycles. The first-order chi connectivity index (χ1) is 11.5. The molecule has 0 atom stereocenters. The van der Waals surface area contributed by atoms with Crippen LogP contribution in [0.25, 0.3) is 0 Å². The summed E-state index contributed by atoms with van der Waals surface area (Å²) in [6.07, 6.45) is -5.14. The van der Waals surface area contributed by atoms with Crippen LogP contribution < -0.4 is 15.4 Å². The van der Waals surface area contributed by atoms with E-state index >= 15 is 0 Å². The quantitative estimate of drug-likeness (QED) is 0.754. The first-order valence-electron chi connectivity index (χ1n) is 7.58. The fourth-order valence-electron chi connectivity index (χ4n) is 1.75. The van der Waals surface area contributed by atoms with E-state index in [1.165, 1.54) is 18.2 Å². The molecule has 0 unspecified atom stereocenters. The second-order valence-corrected chi connectivity index (χ2v) is 6.12. The van der Waals surface area contributed by atoms with Crippen molar-refractivity contribution in [1.29, 1.82) is 0 Å². The van der Waals surface area contributed by atoms with Gasteiger partial charge in [-0.15, -0.1) is 13.2 Å². The van der Waals surface area contributed by atoms with E-state index in [0.29, 0.717) is 6.42 Å². The smallest absolute Gasteiger partial charge is 0.444 e. The number of para-hydroxylation sites is 2. The van der Waals surface area contributed by atoms with Crippen LogP contribution in [0.2, 0.25) is 0 Å². The molecule has 140 valence electrons. The molecule has 6 nitrogen and oxygen atoms in total. The van der Waals surface area contributed by atoms with Crippen molar-refractivity contribution in [3.8, 4) is 5.75 Å². The number of ether oxygens (including phenoxy) is 2. The topological polar surface area (TPSA) is 76.7 Å². The van der Waals surface area contributed by atoms with Crippen molar-refractivity contribution in [3.63, 3.8) is 0 Å². The third kappa shape index (κ3) is 9.43. The van der Waals surface area contributed by atoms with Crippen molar-refractivity contribution >= 4 is 17.7 Å². The zero-order chi connectivity index (χ0) is 19.1. The van der Waals surface area contributed by atoms with Crippen LogP contribution in [0.1, 0.15) is 33.6 Å². The van der Waals surface area contributed by atoms with E-state index in [1.54, 1.807) is 20.8 Å². The Bertz CT molecular complexity index is 598. The summed E-state index contributed by atoms with van der Waals surface area (Å²) in [5.41, 5.74) is -0.700. The molecule has 0 saturated heterocycles. The summed E-state index contributed by atoms with van der Waals surface area (Å²) in [5.74, 6) is -0.987. The lowest BCUT2D eigenvalue weighted by atomic mass is 10.2. The molecule has 1 rings (SSSR count). The van der Waals surface area contributed by atoms with E-state index in [0.717, 1.165) is 6.07 Å². The summed E-state index contributed by atoms with van der Waals surface area (Å²) in [6.45, 7) is 5.37. The minimum atomic E-state index is -4.85. The van der Waals surface area contributed by atoms with Gasteiger partial charge >= 0.3 is 12.5 Å². The van der Waals surface area contributed by atoms with Gasteiger partial charge in [0.15, 0.2) is 5.75 Å². The van der Waals surface area contributed by atoms with Gasteiger partial charge in [-0.3, -0.25) is 4.79 Å². The maximum Gasteiger partial charge on any atom is 0.573 e. The van der Waals surface area contributed by atoms with Gasteiger partial charge in [0.1, 0.15) is 5.60 Å². The Balaban J connectivity index is 2.42. The van der Waals surface area contributed by atoms with Gasteiger partial charge in [0.2, 0.25) is 5.91 Å². The van der Waals surface area contributed by atoms with Crippen molar-refractivity contribution in [2.24, 2.45) is 0 Å². The Labute approximate surface area is 143 Å². The highest BCUT2D eigenvalue weighted by molar-refractivity contribution is 5.92. The van der Waals surface area contributed by atoms with Crippen LogP contribution in [-0.4, -0.2) is 30.5 Å². The maximum atomic E-state index is 12.3. The van der Waals surface area contributed by atoms with Crippen molar-refractivity contribution in [2.45, 2.75) is 45.6 Å². The van der Waals surface area contributed by atoms with Crippen LogP contribution in [-0.2, 0) is 9.53 Å². The minimum absolute atomic E-state index is 0.0101. The number of benzene rings is 1. The highest BCUT2D eigenvalue weighted by Gasteiger charge is 2.32. The van der Waals surface area contributed by atoms with Crippen molar-refractivity contribution in [1.82, 2.24) is 5.32 Å². The van der Waals surface area contributed by atoms with Crippen LogP contribution in [0, 0.1) is 0 Å². The van der Waals surface area contributed by atoms with Crippen molar-refractivity contribution < 1.29 is 32.2 Å². The predicted octanol–water partition coefficient (Wildman–Crippen LogP) is 3.83. The van der Waals surface area contributed by atoms with Crippen molar-refractivity contribution in [3.05, 3.63) is 24.3 Å². The lowest BCUT2D eigenvalue weighted by Crippen LogP contribution is -2.33. The van der Waals surface area contributed by atoms with Crippen LogP contribution >= 0.6 is 0 Å². The first kappa shape index (κ1) is 20.6. The summed E-state index contributed by atoms with van der Waals surface area (Å²) in [7, 11) is 0. The number of hydrogen-bond acceptors (Lipinski definition) is 4. The lowest BCUT2D eigenvalue weighted by Gasteiger charge is -2.19. The van der Waals surface area contributed by atoms with Crippen molar-refractivity contribution in [2.75, 3.05) is 11.9 Å². The largest absolute Gasteiger partial charge is 0.573 e. The molecule has 0 aliphatic rings. The molecular formula is C16H21F3N2O4. The Morgan fingerprint density at radius 3 is 2.36 bits per heavy atom. The summed E-state index contributed by atoms with van der Waals surface area (Å²) < 4.78 is 45.8. The molecule has 9 heteroatoms. The molecule has 0 radical (unpaired) electrons. The van der Waals surface area contributed by atoms with E-state index in [4.69, 9.17) is 4.74 Å². The molecule has 1 aromatic carbocycles. The average Bonchev–Trinajstić information content (AvgIpc) is 2.42. The molecule has 25 heavy (non-hydrogen) atoms. The normalized spacial score (nSPS) is 11.6. The summed E-state index contributed by atoms with van der Waals surface area (Å²) in [5, 5.41) is 4.84. The second kappa shape index (κ2) is 8.59. The number of nitrogens with one attached hydrogen (secondary N) is 2. The predicted molar refractivity (Wildman–Crippen MR) is 85.2 cm³/mol. The molecule has 0 spiro atoms. The zero-order valence-electron chi connectivity index (χ0n) is 14.2. The van der Waals surface area contributed by atoms with Gasteiger partial charge < -0.3 is 20.1 Å². The fraction of sp³-hybridized carbons (Fsp3) is 0.500. The average molecular weight is 362 g/mol.